The van der Waals surface area contributed by atoms with Crippen LogP contribution in [0.15, 0.2) is 6.07 Å². The monoisotopic (exact) mass is 287 g/mol. The van der Waals surface area contributed by atoms with Crippen LogP contribution in [-0.2, 0) is 9.47 Å². The summed E-state index contributed by atoms with van der Waals surface area (Å²) >= 11 is 6.02. The zero-order valence-electron chi connectivity index (χ0n) is 11.0. The van der Waals surface area contributed by atoms with Gasteiger partial charge in [0.05, 0.1) is 19.3 Å². The SMILES string of the molecule is COC(CO)c1nc(Cl)cc(N2CCO[C@H](C)C2)n1. The molecule has 7 heteroatoms. The van der Waals surface area contributed by atoms with Gasteiger partial charge < -0.3 is 19.5 Å². The Balaban J connectivity index is 2.25. The van der Waals surface area contributed by atoms with Gasteiger partial charge in [0, 0.05) is 26.3 Å². The van der Waals surface area contributed by atoms with Crippen molar-refractivity contribution in [3.05, 3.63) is 17.0 Å². The number of hydrogen-bond acceptors (Lipinski definition) is 6. The minimum atomic E-state index is -0.559. The normalized spacial score (nSPS) is 21.5. The van der Waals surface area contributed by atoms with E-state index in [4.69, 9.17) is 21.1 Å². The molecule has 6 nitrogen and oxygen atoms in total. The average Bonchev–Trinajstić information content (AvgIpc) is 2.39. The summed E-state index contributed by atoms with van der Waals surface area (Å²) in [6.07, 6.45) is -0.405. The molecule has 1 N–H and O–H groups in total. The fourth-order valence-electron chi connectivity index (χ4n) is 2.02. The maximum Gasteiger partial charge on any atom is 0.163 e. The van der Waals surface area contributed by atoms with Crippen LogP contribution in [0.5, 0.6) is 0 Å². The second-order valence-corrected chi connectivity index (χ2v) is 4.83. The fraction of sp³-hybridized carbons (Fsp3) is 0.667. The quantitative estimate of drug-likeness (QED) is 0.835. The Hall–Kier alpha value is -0.950. The van der Waals surface area contributed by atoms with E-state index in [1.54, 1.807) is 6.07 Å². The molecular weight excluding hydrogens is 270 g/mol. The van der Waals surface area contributed by atoms with Gasteiger partial charge in [-0.1, -0.05) is 11.6 Å². The number of hydrogen-bond donors (Lipinski definition) is 1. The van der Waals surface area contributed by atoms with E-state index in [1.807, 2.05) is 6.92 Å². The first kappa shape index (κ1) is 14.5. The van der Waals surface area contributed by atoms with E-state index in [0.717, 1.165) is 18.9 Å². The predicted molar refractivity (Wildman–Crippen MR) is 71.5 cm³/mol. The molecular formula is C12H18ClN3O3. The van der Waals surface area contributed by atoms with E-state index in [0.29, 0.717) is 17.6 Å². The van der Waals surface area contributed by atoms with E-state index in [1.165, 1.54) is 7.11 Å². The minimum absolute atomic E-state index is 0.155. The summed E-state index contributed by atoms with van der Waals surface area (Å²) < 4.78 is 10.6. The first-order valence-electron chi connectivity index (χ1n) is 6.18. The third kappa shape index (κ3) is 3.54. The van der Waals surface area contributed by atoms with Crippen molar-refractivity contribution in [1.82, 2.24) is 9.97 Å². The third-order valence-electron chi connectivity index (χ3n) is 3.00. The fourth-order valence-corrected chi connectivity index (χ4v) is 2.20. The van der Waals surface area contributed by atoms with Crippen molar-refractivity contribution < 1.29 is 14.6 Å². The van der Waals surface area contributed by atoms with Gasteiger partial charge in [-0.05, 0) is 6.92 Å². The summed E-state index contributed by atoms with van der Waals surface area (Å²) in [6.45, 7) is 4.00. The summed E-state index contributed by atoms with van der Waals surface area (Å²) in [7, 11) is 1.50. The van der Waals surface area contributed by atoms with E-state index in [-0.39, 0.29) is 12.7 Å². The van der Waals surface area contributed by atoms with Gasteiger partial charge in [-0.3, -0.25) is 0 Å². The number of rotatable bonds is 4. The minimum Gasteiger partial charge on any atom is -0.393 e. The molecule has 1 fully saturated rings. The van der Waals surface area contributed by atoms with Gasteiger partial charge in [-0.15, -0.1) is 0 Å². The molecule has 0 bridgehead atoms. The molecule has 2 heterocycles. The first-order valence-corrected chi connectivity index (χ1v) is 6.56. The summed E-state index contributed by atoms with van der Waals surface area (Å²) in [5.74, 6) is 1.13. The predicted octanol–water partition coefficient (Wildman–Crippen LogP) is 1.03. The highest BCUT2D eigenvalue weighted by Crippen LogP contribution is 2.22. The van der Waals surface area contributed by atoms with Gasteiger partial charge in [-0.25, -0.2) is 9.97 Å². The number of halogens is 1. The molecule has 1 aromatic rings. The molecule has 0 aliphatic carbocycles. The molecule has 2 atom stereocenters. The summed E-state index contributed by atoms with van der Waals surface area (Å²) in [5, 5.41) is 9.57. The molecule has 0 spiro atoms. The molecule has 0 aromatic carbocycles. The van der Waals surface area contributed by atoms with Crippen LogP contribution in [-0.4, -0.2) is 54.6 Å². The van der Waals surface area contributed by atoms with E-state index in [9.17, 15) is 5.11 Å². The second-order valence-electron chi connectivity index (χ2n) is 4.44. The number of ether oxygens (including phenoxy) is 2. The van der Waals surface area contributed by atoms with Crippen LogP contribution in [0.4, 0.5) is 5.82 Å². The zero-order chi connectivity index (χ0) is 13.8. The van der Waals surface area contributed by atoms with Crippen molar-refractivity contribution in [2.75, 3.05) is 38.3 Å². The number of morpholine rings is 1. The number of anilines is 1. The third-order valence-corrected chi connectivity index (χ3v) is 3.20. The molecule has 19 heavy (non-hydrogen) atoms. The van der Waals surface area contributed by atoms with Crippen molar-refractivity contribution in [2.24, 2.45) is 0 Å². The number of aliphatic hydroxyl groups is 1. The Morgan fingerprint density at radius 2 is 2.42 bits per heavy atom. The molecule has 1 aliphatic heterocycles. The van der Waals surface area contributed by atoms with E-state index >= 15 is 0 Å². The number of aromatic nitrogens is 2. The van der Waals surface area contributed by atoms with Gasteiger partial charge >= 0.3 is 0 Å². The van der Waals surface area contributed by atoms with Crippen molar-refractivity contribution >= 4 is 17.4 Å². The molecule has 1 unspecified atom stereocenters. The highest BCUT2D eigenvalue weighted by atomic mass is 35.5. The Kier molecular flexibility index (Phi) is 4.93. The molecule has 0 radical (unpaired) electrons. The van der Waals surface area contributed by atoms with Crippen molar-refractivity contribution in [2.45, 2.75) is 19.1 Å². The van der Waals surface area contributed by atoms with Gasteiger partial charge in [-0.2, -0.15) is 0 Å². The molecule has 1 aromatic heterocycles. The van der Waals surface area contributed by atoms with Gasteiger partial charge in [0.25, 0.3) is 0 Å². The standard InChI is InChI=1S/C12H18ClN3O3/c1-8-6-16(3-4-19-8)11-5-10(13)14-12(15-11)9(7-17)18-2/h5,8-9,17H,3-4,6-7H2,1-2H3/t8-,9?/m1/s1. The molecule has 0 saturated carbocycles. The maximum absolute atomic E-state index is 9.23. The van der Waals surface area contributed by atoms with Crippen molar-refractivity contribution in [1.29, 1.82) is 0 Å². The summed E-state index contributed by atoms with van der Waals surface area (Å²) in [6, 6.07) is 1.72. The zero-order valence-corrected chi connectivity index (χ0v) is 11.8. The molecule has 1 aliphatic rings. The van der Waals surface area contributed by atoms with Crippen LogP contribution < -0.4 is 4.90 Å². The summed E-state index contributed by atoms with van der Waals surface area (Å²) in [5.41, 5.74) is 0. The summed E-state index contributed by atoms with van der Waals surface area (Å²) in [4.78, 5) is 10.6. The average molecular weight is 288 g/mol. The first-order chi connectivity index (χ1) is 9.13. The van der Waals surface area contributed by atoms with E-state index < -0.39 is 6.10 Å². The highest BCUT2D eigenvalue weighted by molar-refractivity contribution is 6.29. The van der Waals surface area contributed by atoms with Crippen LogP contribution in [0, 0.1) is 0 Å². The second kappa shape index (κ2) is 6.47. The lowest BCUT2D eigenvalue weighted by Crippen LogP contribution is -2.41. The van der Waals surface area contributed by atoms with Crippen LogP contribution in [0.25, 0.3) is 0 Å². The smallest absolute Gasteiger partial charge is 0.163 e. The number of nitrogens with zero attached hydrogens (tertiary/aromatic N) is 3. The van der Waals surface area contributed by atoms with Crippen LogP contribution in [0.2, 0.25) is 5.15 Å². The molecule has 2 rings (SSSR count). The Bertz CT molecular complexity index is 429. The maximum atomic E-state index is 9.23. The molecule has 106 valence electrons. The number of aliphatic hydroxyl groups excluding tert-OH is 1. The lowest BCUT2D eigenvalue weighted by molar-refractivity contribution is 0.0418. The van der Waals surface area contributed by atoms with Crippen LogP contribution in [0.1, 0.15) is 18.9 Å². The molecule has 0 amide bonds. The topological polar surface area (TPSA) is 67.7 Å². The van der Waals surface area contributed by atoms with Crippen molar-refractivity contribution in [3.63, 3.8) is 0 Å². The number of methoxy groups -OCH3 is 1. The largest absolute Gasteiger partial charge is 0.393 e. The Morgan fingerprint density at radius 3 is 3.05 bits per heavy atom. The van der Waals surface area contributed by atoms with Gasteiger partial charge in [0.1, 0.15) is 17.1 Å². The van der Waals surface area contributed by atoms with Gasteiger partial charge in [0.15, 0.2) is 5.82 Å². The Labute approximate surface area is 117 Å². The van der Waals surface area contributed by atoms with Gasteiger partial charge in [0.2, 0.25) is 0 Å². The van der Waals surface area contributed by atoms with Crippen molar-refractivity contribution in [3.8, 4) is 0 Å². The van der Waals surface area contributed by atoms with Crippen LogP contribution in [0.3, 0.4) is 0 Å². The van der Waals surface area contributed by atoms with E-state index in [2.05, 4.69) is 14.9 Å². The highest BCUT2D eigenvalue weighted by Gasteiger charge is 2.21. The lowest BCUT2D eigenvalue weighted by atomic mass is 10.3. The van der Waals surface area contributed by atoms with Crippen LogP contribution >= 0.6 is 11.6 Å². The Morgan fingerprint density at radius 1 is 1.63 bits per heavy atom. The molecule has 1 saturated heterocycles. The lowest BCUT2D eigenvalue weighted by Gasteiger charge is -2.32.